The molecule has 0 radical (unpaired) electrons. The van der Waals surface area contributed by atoms with E-state index >= 15 is 0 Å². The molecule has 1 atom stereocenters. The second kappa shape index (κ2) is 9.71. The fourth-order valence-corrected chi connectivity index (χ4v) is 4.03. The Labute approximate surface area is 171 Å². The summed E-state index contributed by atoms with van der Waals surface area (Å²) >= 11 is 0. The summed E-state index contributed by atoms with van der Waals surface area (Å²) in [4.78, 5) is 39.9. The molecule has 8 heteroatoms. The van der Waals surface area contributed by atoms with Gasteiger partial charge in [-0.3, -0.25) is 14.9 Å². The van der Waals surface area contributed by atoms with Gasteiger partial charge in [-0.15, -0.1) is 0 Å². The van der Waals surface area contributed by atoms with Crippen molar-refractivity contribution in [2.75, 3.05) is 31.1 Å². The number of piperidine rings is 1. The molecular formula is C21H29N3O5. The Hall–Kier alpha value is -2.64. The highest BCUT2D eigenvalue weighted by atomic mass is 16.6. The van der Waals surface area contributed by atoms with Gasteiger partial charge in [0.2, 0.25) is 0 Å². The van der Waals surface area contributed by atoms with Gasteiger partial charge >= 0.3 is 5.97 Å². The monoisotopic (exact) mass is 403 g/mol. The number of hydrogen-bond acceptors (Lipinski definition) is 6. The first-order valence-corrected chi connectivity index (χ1v) is 10.5. The quantitative estimate of drug-likeness (QED) is 0.424. The van der Waals surface area contributed by atoms with Gasteiger partial charge in [-0.05, 0) is 51.2 Å². The van der Waals surface area contributed by atoms with Crippen LogP contribution in [0.2, 0.25) is 0 Å². The maximum Gasteiger partial charge on any atom is 0.339 e. The van der Waals surface area contributed by atoms with Crippen LogP contribution in [0.15, 0.2) is 18.2 Å². The Morgan fingerprint density at radius 1 is 1.00 bits per heavy atom. The van der Waals surface area contributed by atoms with Gasteiger partial charge in [-0.1, -0.05) is 12.8 Å². The molecule has 2 aliphatic rings. The van der Waals surface area contributed by atoms with Crippen molar-refractivity contribution in [3.05, 3.63) is 33.9 Å². The molecule has 1 amide bonds. The van der Waals surface area contributed by atoms with Crippen LogP contribution >= 0.6 is 0 Å². The number of carbonyl (C=O) groups excluding carboxylic acids is 2. The van der Waals surface area contributed by atoms with Crippen molar-refractivity contribution in [1.29, 1.82) is 0 Å². The first kappa shape index (κ1) is 21.1. The van der Waals surface area contributed by atoms with E-state index in [9.17, 15) is 19.7 Å². The van der Waals surface area contributed by atoms with E-state index in [4.69, 9.17) is 4.74 Å². The third kappa shape index (κ3) is 5.25. The van der Waals surface area contributed by atoms with Crippen LogP contribution in [0.3, 0.4) is 0 Å². The van der Waals surface area contributed by atoms with E-state index in [2.05, 4.69) is 0 Å². The first-order chi connectivity index (χ1) is 14.0. The Balaban J connectivity index is 1.72. The maximum absolute atomic E-state index is 12.5. The standard InChI is InChI=1S/C21H29N3O5/c1-16(20(25)23-13-7-4-8-14-23)29-21(26)17-9-10-18(19(15-17)24(27)28)22-11-5-2-3-6-12-22/h9-10,15-16H,2-8,11-14H2,1H3/t16-/m0/s1. The first-order valence-electron chi connectivity index (χ1n) is 10.5. The normalized spacial score (nSPS) is 18.7. The lowest BCUT2D eigenvalue weighted by Crippen LogP contribution is -2.42. The van der Waals surface area contributed by atoms with Gasteiger partial charge < -0.3 is 14.5 Å². The van der Waals surface area contributed by atoms with Crippen LogP contribution in [-0.4, -0.2) is 54.0 Å². The van der Waals surface area contributed by atoms with E-state index in [-0.39, 0.29) is 17.2 Å². The molecule has 2 aliphatic heterocycles. The van der Waals surface area contributed by atoms with E-state index in [1.165, 1.54) is 6.07 Å². The zero-order valence-corrected chi connectivity index (χ0v) is 17.0. The molecule has 1 aromatic carbocycles. The number of nitrogens with zero attached hydrogens (tertiary/aromatic N) is 3. The third-order valence-electron chi connectivity index (χ3n) is 5.65. The number of anilines is 1. The summed E-state index contributed by atoms with van der Waals surface area (Å²) in [5.41, 5.74) is 0.524. The minimum atomic E-state index is -0.912. The SMILES string of the molecule is C[C@H](OC(=O)c1ccc(N2CCCCCC2)c([N+](=O)[O-])c1)C(=O)N1CCCCC1. The molecule has 0 spiro atoms. The second-order valence-electron chi connectivity index (χ2n) is 7.80. The Morgan fingerprint density at radius 2 is 1.59 bits per heavy atom. The topological polar surface area (TPSA) is 93.0 Å². The zero-order valence-electron chi connectivity index (χ0n) is 17.0. The molecule has 1 aromatic rings. The van der Waals surface area contributed by atoms with Crippen molar-refractivity contribution in [3.8, 4) is 0 Å². The van der Waals surface area contributed by atoms with Crippen molar-refractivity contribution in [2.24, 2.45) is 0 Å². The fraction of sp³-hybridized carbons (Fsp3) is 0.619. The van der Waals surface area contributed by atoms with Crippen LogP contribution in [0, 0.1) is 10.1 Å². The smallest absolute Gasteiger partial charge is 0.339 e. The van der Waals surface area contributed by atoms with E-state index < -0.39 is 17.0 Å². The molecule has 0 aromatic heterocycles. The van der Waals surface area contributed by atoms with Crippen molar-refractivity contribution < 1.29 is 19.2 Å². The van der Waals surface area contributed by atoms with Gasteiger partial charge in [0.05, 0.1) is 10.5 Å². The highest BCUT2D eigenvalue weighted by Gasteiger charge is 2.27. The van der Waals surface area contributed by atoms with Gasteiger partial charge in [-0.25, -0.2) is 4.79 Å². The number of ether oxygens (including phenoxy) is 1. The number of nitro groups is 1. The number of carbonyl (C=O) groups is 2. The lowest BCUT2D eigenvalue weighted by Gasteiger charge is -2.29. The van der Waals surface area contributed by atoms with Gasteiger partial charge in [0.15, 0.2) is 6.10 Å². The number of amides is 1. The second-order valence-corrected chi connectivity index (χ2v) is 7.80. The minimum absolute atomic E-state index is 0.0913. The molecule has 2 fully saturated rings. The number of esters is 1. The van der Waals surface area contributed by atoms with Crippen LogP contribution in [0.1, 0.15) is 62.2 Å². The molecule has 2 heterocycles. The van der Waals surface area contributed by atoms with Crippen molar-refractivity contribution >= 4 is 23.3 Å². The average molecular weight is 403 g/mol. The summed E-state index contributed by atoms with van der Waals surface area (Å²) in [6, 6.07) is 4.44. The zero-order chi connectivity index (χ0) is 20.8. The lowest BCUT2D eigenvalue weighted by atomic mass is 10.1. The van der Waals surface area contributed by atoms with Crippen molar-refractivity contribution in [3.63, 3.8) is 0 Å². The highest BCUT2D eigenvalue weighted by molar-refractivity contribution is 5.93. The number of nitro benzene ring substituents is 1. The summed E-state index contributed by atoms with van der Waals surface area (Å²) in [6.07, 6.45) is 6.34. The minimum Gasteiger partial charge on any atom is -0.449 e. The molecule has 0 saturated carbocycles. The number of likely N-dealkylation sites (tertiary alicyclic amines) is 1. The number of benzene rings is 1. The van der Waals surface area contributed by atoms with Gasteiger partial charge in [-0.2, -0.15) is 0 Å². The fourth-order valence-electron chi connectivity index (χ4n) is 4.03. The molecule has 8 nitrogen and oxygen atoms in total. The van der Waals surface area contributed by atoms with Crippen LogP contribution in [-0.2, 0) is 9.53 Å². The highest BCUT2D eigenvalue weighted by Crippen LogP contribution is 2.31. The van der Waals surface area contributed by atoms with E-state index in [1.54, 1.807) is 24.0 Å². The third-order valence-corrected chi connectivity index (χ3v) is 5.65. The average Bonchev–Trinajstić information content (AvgIpc) is 3.02. The molecule has 0 aliphatic carbocycles. The Morgan fingerprint density at radius 3 is 2.21 bits per heavy atom. The van der Waals surface area contributed by atoms with Crippen molar-refractivity contribution in [1.82, 2.24) is 4.90 Å². The van der Waals surface area contributed by atoms with E-state index in [0.717, 1.165) is 58.0 Å². The molecule has 29 heavy (non-hydrogen) atoms. The summed E-state index contributed by atoms with van der Waals surface area (Å²) < 4.78 is 5.33. The molecule has 0 N–H and O–H groups in total. The van der Waals surface area contributed by atoms with Crippen LogP contribution < -0.4 is 4.90 Å². The predicted molar refractivity (Wildman–Crippen MR) is 109 cm³/mol. The molecule has 158 valence electrons. The summed E-state index contributed by atoms with van der Waals surface area (Å²) in [7, 11) is 0. The maximum atomic E-state index is 12.5. The Kier molecular flexibility index (Phi) is 7.06. The van der Waals surface area contributed by atoms with Gasteiger partial charge in [0.1, 0.15) is 5.69 Å². The molecule has 3 rings (SSSR count). The lowest BCUT2D eigenvalue weighted by molar-refractivity contribution is -0.384. The summed E-state index contributed by atoms with van der Waals surface area (Å²) in [6.45, 7) is 4.44. The summed E-state index contributed by atoms with van der Waals surface area (Å²) in [5, 5.41) is 11.6. The molecule has 0 bridgehead atoms. The Bertz CT molecular complexity index is 753. The number of hydrogen-bond donors (Lipinski definition) is 0. The predicted octanol–water partition coefficient (Wildman–Crippen LogP) is 3.53. The molecule has 2 saturated heterocycles. The van der Waals surface area contributed by atoms with E-state index in [1.807, 2.05) is 4.90 Å². The van der Waals surface area contributed by atoms with Gasteiger partial charge in [0.25, 0.3) is 11.6 Å². The van der Waals surface area contributed by atoms with Crippen LogP contribution in [0.25, 0.3) is 0 Å². The molecule has 0 unspecified atom stereocenters. The number of rotatable bonds is 5. The van der Waals surface area contributed by atoms with Gasteiger partial charge in [0, 0.05) is 32.2 Å². The summed E-state index contributed by atoms with van der Waals surface area (Å²) in [5.74, 6) is -0.929. The molecular weight excluding hydrogens is 374 g/mol. The van der Waals surface area contributed by atoms with Crippen molar-refractivity contribution in [2.45, 2.75) is 58.0 Å². The van der Waals surface area contributed by atoms with Crippen LogP contribution in [0.5, 0.6) is 0 Å². The van der Waals surface area contributed by atoms with E-state index in [0.29, 0.717) is 18.8 Å². The van der Waals surface area contributed by atoms with Crippen LogP contribution in [0.4, 0.5) is 11.4 Å². The largest absolute Gasteiger partial charge is 0.449 e.